The fourth-order valence-electron chi connectivity index (χ4n) is 3.44. The minimum absolute atomic E-state index is 0.0751. The molecule has 8 nitrogen and oxygen atoms in total. The third kappa shape index (κ3) is 3.93. The molecular weight excluding hydrogens is 310 g/mol. The molecule has 0 N–H and O–H groups in total. The molecule has 134 valence electrons. The van der Waals surface area contributed by atoms with Gasteiger partial charge in [0.15, 0.2) is 5.82 Å². The third-order valence-corrected chi connectivity index (χ3v) is 5.01. The number of aryl methyl sites for hydroxylation is 1. The van der Waals surface area contributed by atoms with E-state index in [0.29, 0.717) is 50.6 Å². The highest BCUT2D eigenvalue weighted by molar-refractivity contribution is 5.81. The van der Waals surface area contributed by atoms with Crippen LogP contribution in [0, 0.1) is 6.92 Å². The lowest BCUT2D eigenvalue weighted by molar-refractivity contribution is -0.140. The standard InChI is InChI=1S/C16H27N5O3/c1-12(16(22)20-6-8-23-9-7-20)21-5-4-14(10-21)19(3)11-15-17-13(2)24-18-15/h12,14H,4-11H2,1-3H3. The Morgan fingerprint density at radius 2 is 2.12 bits per heavy atom. The molecule has 2 aliphatic heterocycles. The van der Waals surface area contributed by atoms with Crippen LogP contribution in [0.25, 0.3) is 0 Å². The van der Waals surface area contributed by atoms with Crippen LogP contribution in [0.5, 0.6) is 0 Å². The molecule has 2 aliphatic rings. The second-order valence-electron chi connectivity index (χ2n) is 6.70. The van der Waals surface area contributed by atoms with Crippen molar-refractivity contribution >= 4 is 5.91 Å². The summed E-state index contributed by atoms with van der Waals surface area (Å²) in [5.74, 6) is 1.53. The first-order valence-electron chi connectivity index (χ1n) is 8.64. The molecule has 8 heteroatoms. The largest absolute Gasteiger partial charge is 0.378 e. The number of rotatable bonds is 5. The fraction of sp³-hybridized carbons (Fsp3) is 0.812. The van der Waals surface area contributed by atoms with Crippen LogP contribution in [0.15, 0.2) is 4.52 Å². The van der Waals surface area contributed by atoms with Crippen molar-refractivity contribution in [2.75, 3.05) is 46.4 Å². The van der Waals surface area contributed by atoms with Gasteiger partial charge in [0, 0.05) is 39.1 Å². The zero-order valence-corrected chi connectivity index (χ0v) is 14.8. The number of aromatic nitrogens is 2. The van der Waals surface area contributed by atoms with Gasteiger partial charge < -0.3 is 14.2 Å². The molecule has 2 fully saturated rings. The predicted octanol–water partition coefficient (Wildman–Crippen LogP) is 0.131. The molecule has 0 radical (unpaired) electrons. The quantitative estimate of drug-likeness (QED) is 0.756. The second-order valence-corrected chi connectivity index (χ2v) is 6.70. The molecule has 1 aromatic heterocycles. The molecule has 1 aromatic rings. The van der Waals surface area contributed by atoms with Gasteiger partial charge in [-0.25, -0.2) is 0 Å². The first kappa shape index (κ1) is 17.3. The van der Waals surface area contributed by atoms with Crippen molar-refractivity contribution in [3.63, 3.8) is 0 Å². The Hall–Kier alpha value is -1.51. The smallest absolute Gasteiger partial charge is 0.239 e. The summed E-state index contributed by atoms with van der Waals surface area (Å²) in [6.07, 6.45) is 1.05. The highest BCUT2D eigenvalue weighted by Crippen LogP contribution is 2.19. The zero-order valence-electron chi connectivity index (χ0n) is 14.8. The summed E-state index contributed by atoms with van der Waals surface area (Å²) in [4.78, 5) is 23.3. The molecule has 2 atom stereocenters. The average Bonchev–Trinajstić information content (AvgIpc) is 3.23. The van der Waals surface area contributed by atoms with Crippen LogP contribution in [0.1, 0.15) is 25.1 Å². The third-order valence-electron chi connectivity index (χ3n) is 5.01. The van der Waals surface area contributed by atoms with E-state index >= 15 is 0 Å². The van der Waals surface area contributed by atoms with E-state index in [1.807, 2.05) is 11.8 Å². The van der Waals surface area contributed by atoms with Gasteiger partial charge in [-0.2, -0.15) is 4.98 Å². The summed E-state index contributed by atoms with van der Waals surface area (Å²) in [7, 11) is 2.08. The van der Waals surface area contributed by atoms with Crippen molar-refractivity contribution in [2.45, 2.75) is 38.9 Å². The number of morpholine rings is 1. The predicted molar refractivity (Wildman–Crippen MR) is 87.3 cm³/mol. The monoisotopic (exact) mass is 337 g/mol. The molecule has 0 spiro atoms. The molecule has 2 saturated heterocycles. The molecule has 0 aromatic carbocycles. The molecule has 0 bridgehead atoms. The molecule has 2 unspecified atom stereocenters. The van der Waals surface area contributed by atoms with Gasteiger partial charge in [-0.3, -0.25) is 14.6 Å². The number of ether oxygens (including phenoxy) is 1. The van der Waals surface area contributed by atoms with Gasteiger partial charge in [0.1, 0.15) is 0 Å². The number of carbonyl (C=O) groups excluding carboxylic acids is 1. The van der Waals surface area contributed by atoms with Gasteiger partial charge in [0.05, 0.1) is 25.8 Å². The Kier molecular flexibility index (Phi) is 5.47. The number of carbonyl (C=O) groups is 1. The van der Waals surface area contributed by atoms with E-state index in [0.717, 1.165) is 19.5 Å². The van der Waals surface area contributed by atoms with Gasteiger partial charge in [0.25, 0.3) is 0 Å². The average molecular weight is 337 g/mol. The minimum Gasteiger partial charge on any atom is -0.378 e. The molecule has 3 heterocycles. The van der Waals surface area contributed by atoms with Gasteiger partial charge in [-0.1, -0.05) is 5.16 Å². The normalized spacial score (nSPS) is 23.8. The highest BCUT2D eigenvalue weighted by atomic mass is 16.5. The topological polar surface area (TPSA) is 74.9 Å². The molecule has 24 heavy (non-hydrogen) atoms. The van der Waals surface area contributed by atoms with Crippen molar-refractivity contribution in [2.24, 2.45) is 0 Å². The number of hydrogen-bond acceptors (Lipinski definition) is 7. The number of amides is 1. The Morgan fingerprint density at radius 3 is 2.79 bits per heavy atom. The molecule has 0 aliphatic carbocycles. The molecule has 1 amide bonds. The lowest BCUT2D eigenvalue weighted by atomic mass is 10.2. The summed E-state index contributed by atoms with van der Waals surface area (Å²) in [6, 6.07) is 0.331. The van der Waals surface area contributed by atoms with Gasteiger partial charge in [-0.05, 0) is 20.4 Å². The SMILES string of the molecule is Cc1nc(CN(C)C2CCN(C(C)C(=O)N3CCOCC3)C2)no1. The van der Waals surface area contributed by atoms with E-state index in [9.17, 15) is 4.79 Å². The van der Waals surface area contributed by atoms with Crippen LogP contribution in [0.3, 0.4) is 0 Å². The van der Waals surface area contributed by atoms with Crippen LogP contribution < -0.4 is 0 Å². The summed E-state index contributed by atoms with van der Waals surface area (Å²) in [5.41, 5.74) is 0. The van der Waals surface area contributed by atoms with Gasteiger partial charge in [-0.15, -0.1) is 0 Å². The van der Waals surface area contributed by atoms with Gasteiger partial charge in [0.2, 0.25) is 11.8 Å². The van der Waals surface area contributed by atoms with Crippen LogP contribution in [-0.4, -0.2) is 89.3 Å². The maximum Gasteiger partial charge on any atom is 0.239 e. The van der Waals surface area contributed by atoms with E-state index < -0.39 is 0 Å². The van der Waals surface area contributed by atoms with Crippen LogP contribution in [0.2, 0.25) is 0 Å². The minimum atomic E-state index is -0.0751. The maximum atomic E-state index is 12.6. The number of likely N-dealkylation sites (N-methyl/N-ethyl adjacent to an activating group) is 1. The van der Waals surface area contributed by atoms with E-state index in [2.05, 4.69) is 27.0 Å². The number of hydrogen-bond donors (Lipinski definition) is 0. The first-order valence-corrected chi connectivity index (χ1v) is 8.64. The highest BCUT2D eigenvalue weighted by Gasteiger charge is 2.34. The molecular formula is C16H27N5O3. The summed E-state index contributed by atoms with van der Waals surface area (Å²) in [5, 5.41) is 3.96. The number of nitrogens with zero attached hydrogens (tertiary/aromatic N) is 5. The van der Waals surface area contributed by atoms with Crippen molar-refractivity contribution in [3.8, 4) is 0 Å². The van der Waals surface area contributed by atoms with E-state index in [4.69, 9.17) is 9.26 Å². The summed E-state index contributed by atoms with van der Waals surface area (Å²) < 4.78 is 10.4. The lowest BCUT2D eigenvalue weighted by Crippen LogP contribution is -2.50. The zero-order chi connectivity index (χ0) is 17.1. The van der Waals surface area contributed by atoms with E-state index in [1.165, 1.54) is 0 Å². The van der Waals surface area contributed by atoms with Crippen molar-refractivity contribution in [1.29, 1.82) is 0 Å². The Bertz CT molecular complexity index is 558. The van der Waals surface area contributed by atoms with Crippen molar-refractivity contribution < 1.29 is 14.1 Å². The van der Waals surface area contributed by atoms with Crippen LogP contribution in [-0.2, 0) is 16.1 Å². The fourth-order valence-corrected chi connectivity index (χ4v) is 3.44. The Morgan fingerprint density at radius 1 is 1.38 bits per heavy atom. The molecule has 3 rings (SSSR count). The first-order chi connectivity index (χ1) is 11.5. The number of likely N-dealkylation sites (tertiary alicyclic amines) is 1. The van der Waals surface area contributed by atoms with Gasteiger partial charge >= 0.3 is 0 Å². The van der Waals surface area contributed by atoms with E-state index in [-0.39, 0.29) is 11.9 Å². The van der Waals surface area contributed by atoms with Crippen molar-refractivity contribution in [3.05, 3.63) is 11.7 Å². The van der Waals surface area contributed by atoms with Crippen LogP contribution >= 0.6 is 0 Å². The Labute approximate surface area is 142 Å². The van der Waals surface area contributed by atoms with Crippen molar-refractivity contribution in [1.82, 2.24) is 24.8 Å². The molecule has 0 saturated carbocycles. The second kappa shape index (κ2) is 7.58. The van der Waals surface area contributed by atoms with Crippen LogP contribution in [0.4, 0.5) is 0 Å². The summed E-state index contributed by atoms with van der Waals surface area (Å²) in [6.45, 7) is 9.02. The Balaban J connectivity index is 1.51. The lowest BCUT2D eigenvalue weighted by Gasteiger charge is -2.33. The summed E-state index contributed by atoms with van der Waals surface area (Å²) >= 11 is 0. The maximum absolute atomic E-state index is 12.6. The van der Waals surface area contributed by atoms with E-state index in [1.54, 1.807) is 6.92 Å².